The summed E-state index contributed by atoms with van der Waals surface area (Å²) in [7, 11) is 0. The van der Waals surface area contributed by atoms with Crippen LogP contribution in [0.4, 0.5) is 0 Å². The van der Waals surface area contributed by atoms with E-state index in [1.165, 1.54) is 5.57 Å². The molecule has 0 aliphatic rings. The van der Waals surface area contributed by atoms with Gasteiger partial charge in [0.1, 0.15) is 0 Å². The Labute approximate surface area is 58.1 Å². The molecule has 0 aromatic heterocycles. The van der Waals surface area contributed by atoms with E-state index in [0.29, 0.717) is 0 Å². The van der Waals surface area contributed by atoms with Crippen molar-refractivity contribution in [2.45, 2.75) is 13.8 Å². The number of allylic oxidation sites excluding steroid dienone is 2. The van der Waals surface area contributed by atoms with Crippen molar-refractivity contribution in [3.8, 4) is 9.85 Å². The van der Waals surface area contributed by atoms with Crippen LogP contribution in [0.5, 0.6) is 0 Å². The van der Waals surface area contributed by atoms with E-state index in [-0.39, 0.29) is 0 Å². The van der Waals surface area contributed by atoms with Gasteiger partial charge in [-0.2, -0.15) is 0 Å². The molecule has 1 heteroatoms. The molecule has 0 aliphatic heterocycles. The molecule has 0 amide bonds. The standard InChI is InChI=1S/C6H7I/c1-6(2)4-3-5-7/h4H,1-2H3. The zero-order chi connectivity index (χ0) is 5.70. The molecule has 0 atom stereocenters. The highest BCUT2D eigenvalue weighted by Gasteiger charge is 1.65. The largest absolute Gasteiger partial charge is 0.0681 e. The molecule has 0 aromatic carbocycles. The lowest BCUT2D eigenvalue weighted by molar-refractivity contribution is 1.40. The highest BCUT2D eigenvalue weighted by Crippen LogP contribution is 1.85. The molecule has 0 heterocycles. The second kappa shape index (κ2) is 4.20. The van der Waals surface area contributed by atoms with Gasteiger partial charge in [-0.25, -0.2) is 0 Å². The first kappa shape index (κ1) is 7.03. The highest BCUT2D eigenvalue weighted by atomic mass is 127. The summed E-state index contributed by atoms with van der Waals surface area (Å²) in [5, 5.41) is 0. The van der Waals surface area contributed by atoms with Crippen molar-refractivity contribution in [1.29, 1.82) is 0 Å². The van der Waals surface area contributed by atoms with Gasteiger partial charge in [-0.3, -0.25) is 0 Å². The molecule has 0 unspecified atom stereocenters. The summed E-state index contributed by atoms with van der Waals surface area (Å²) in [5.41, 5.74) is 1.25. The van der Waals surface area contributed by atoms with Crippen LogP contribution >= 0.6 is 22.6 Å². The SMILES string of the molecule is CC(C)=CC#CI. The van der Waals surface area contributed by atoms with E-state index in [1.807, 2.05) is 42.5 Å². The van der Waals surface area contributed by atoms with Crippen LogP contribution in [0, 0.1) is 9.85 Å². The maximum absolute atomic E-state index is 2.82. The average molecular weight is 206 g/mol. The molecular formula is C6H7I. The molecular weight excluding hydrogens is 199 g/mol. The van der Waals surface area contributed by atoms with E-state index in [4.69, 9.17) is 0 Å². The van der Waals surface area contributed by atoms with Gasteiger partial charge in [-0.1, -0.05) is 11.5 Å². The molecule has 0 saturated carbocycles. The van der Waals surface area contributed by atoms with Crippen LogP contribution in [-0.2, 0) is 0 Å². The molecule has 38 valence electrons. The first-order chi connectivity index (χ1) is 3.27. The fourth-order valence-electron chi connectivity index (χ4n) is 0.172. The van der Waals surface area contributed by atoms with Crippen molar-refractivity contribution in [3.63, 3.8) is 0 Å². The van der Waals surface area contributed by atoms with E-state index < -0.39 is 0 Å². The molecule has 0 fully saturated rings. The summed E-state index contributed by atoms with van der Waals surface area (Å²) in [5.74, 6) is 2.82. The van der Waals surface area contributed by atoms with Crippen LogP contribution in [0.2, 0.25) is 0 Å². The van der Waals surface area contributed by atoms with Crippen molar-refractivity contribution < 1.29 is 0 Å². The number of hydrogen-bond donors (Lipinski definition) is 0. The lowest BCUT2D eigenvalue weighted by Gasteiger charge is -1.74. The summed E-state index contributed by atoms with van der Waals surface area (Å²) < 4.78 is 2.74. The van der Waals surface area contributed by atoms with Crippen LogP contribution < -0.4 is 0 Å². The van der Waals surface area contributed by atoms with Gasteiger partial charge in [-0.15, -0.1) is 0 Å². The summed E-state index contributed by atoms with van der Waals surface area (Å²) in [6.07, 6.45) is 1.90. The zero-order valence-electron chi connectivity index (χ0n) is 4.46. The van der Waals surface area contributed by atoms with E-state index in [0.717, 1.165) is 0 Å². The molecule has 0 spiro atoms. The van der Waals surface area contributed by atoms with Gasteiger partial charge in [0.15, 0.2) is 0 Å². The van der Waals surface area contributed by atoms with Gasteiger partial charge >= 0.3 is 0 Å². The molecule has 0 radical (unpaired) electrons. The monoisotopic (exact) mass is 206 g/mol. The van der Waals surface area contributed by atoms with E-state index in [2.05, 4.69) is 9.85 Å². The predicted octanol–water partition coefficient (Wildman–Crippen LogP) is 2.35. The van der Waals surface area contributed by atoms with E-state index in [1.54, 1.807) is 0 Å². The first-order valence-electron chi connectivity index (χ1n) is 2.02. The van der Waals surface area contributed by atoms with Crippen molar-refractivity contribution in [2.75, 3.05) is 0 Å². The Morgan fingerprint density at radius 3 is 2.29 bits per heavy atom. The second-order valence-electron chi connectivity index (χ2n) is 1.46. The smallest absolute Gasteiger partial charge is 0.0185 e. The number of halogens is 1. The second-order valence-corrected chi connectivity index (χ2v) is 2.00. The van der Waals surface area contributed by atoms with Crippen LogP contribution in [0.1, 0.15) is 13.8 Å². The fourth-order valence-corrected chi connectivity index (χ4v) is 0.327. The third kappa shape index (κ3) is 6.03. The predicted molar refractivity (Wildman–Crippen MR) is 41.2 cm³/mol. The first-order valence-corrected chi connectivity index (χ1v) is 3.10. The number of hydrogen-bond acceptors (Lipinski definition) is 0. The molecule has 0 saturated heterocycles. The Bertz CT molecular complexity index is 119. The van der Waals surface area contributed by atoms with Gasteiger partial charge < -0.3 is 0 Å². The van der Waals surface area contributed by atoms with Gasteiger partial charge in [-0.05, 0) is 23.9 Å². The quantitative estimate of drug-likeness (QED) is 0.421. The minimum Gasteiger partial charge on any atom is -0.0681 e. The van der Waals surface area contributed by atoms with Gasteiger partial charge in [0.05, 0.1) is 0 Å². The van der Waals surface area contributed by atoms with Crippen molar-refractivity contribution in [1.82, 2.24) is 0 Å². The van der Waals surface area contributed by atoms with Crippen molar-refractivity contribution in [2.24, 2.45) is 0 Å². The fraction of sp³-hybridized carbons (Fsp3) is 0.333. The molecule has 0 rings (SSSR count). The van der Waals surface area contributed by atoms with Gasteiger partial charge in [0.2, 0.25) is 0 Å². The van der Waals surface area contributed by atoms with Crippen molar-refractivity contribution >= 4 is 22.6 Å². The van der Waals surface area contributed by atoms with E-state index >= 15 is 0 Å². The lowest BCUT2D eigenvalue weighted by Crippen LogP contribution is -1.56. The maximum Gasteiger partial charge on any atom is 0.0185 e. The molecule has 0 aromatic rings. The Hall–Kier alpha value is 0.0300. The Balaban J connectivity index is 3.61. The zero-order valence-corrected chi connectivity index (χ0v) is 6.61. The van der Waals surface area contributed by atoms with Crippen LogP contribution in [-0.4, -0.2) is 0 Å². The third-order valence-electron chi connectivity index (χ3n) is 0.415. The summed E-state index contributed by atoms with van der Waals surface area (Å²) in [6.45, 7) is 4.06. The lowest BCUT2D eigenvalue weighted by atomic mass is 10.3. The highest BCUT2D eigenvalue weighted by molar-refractivity contribution is 14.1. The molecule has 0 bridgehead atoms. The molecule has 0 aliphatic carbocycles. The summed E-state index contributed by atoms with van der Waals surface area (Å²) in [4.78, 5) is 0. The molecule has 0 N–H and O–H groups in total. The van der Waals surface area contributed by atoms with Crippen LogP contribution in [0.25, 0.3) is 0 Å². The summed E-state index contributed by atoms with van der Waals surface area (Å²) >= 11 is 2.02. The Kier molecular flexibility index (Phi) is 4.21. The normalized spacial score (nSPS) is 6.14. The Morgan fingerprint density at radius 2 is 2.14 bits per heavy atom. The molecule has 0 nitrogen and oxygen atoms in total. The van der Waals surface area contributed by atoms with Crippen LogP contribution in [0.3, 0.4) is 0 Å². The van der Waals surface area contributed by atoms with Gasteiger partial charge in [0, 0.05) is 22.6 Å². The van der Waals surface area contributed by atoms with E-state index in [9.17, 15) is 0 Å². The Morgan fingerprint density at radius 1 is 1.57 bits per heavy atom. The summed E-state index contributed by atoms with van der Waals surface area (Å²) in [6, 6.07) is 0. The van der Waals surface area contributed by atoms with Crippen LogP contribution in [0.15, 0.2) is 11.6 Å². The number of rotatable bonds is 0. The van der Waals surface area contributed by atoms with Crippen molar-refractivity contribution in [3.05, 3.63) is 11.6 Å². The third-order valence-corrected chi connectivity index (χ3v) is 0.727. The molecule has 7 heavy (non-hydrogen) atoms. The maximum atomic E-state index is 2.82. The van der Waals surface area contributed by atoms with Gasteiger partial charge in [0.25, 0.3) is 0 Å². The minimum absolute atomic E-state index is 1.25. The minimum atomic E-state index is 1.25. The topological polar surface area (TPSA) is 0 Å². The average Bonchev–Trinajstić information content (AvgIpc) is 1.61.